The second-order valence-corrected chi connectivity index (χ2v) is 3.66. The van der Waals surface area contributed by atoms with Crippen LogP contribution in [-0.2, 0) is 6.18 Å². The van der Waals surface area contributed by atoms with Crippen LogP contribution in [-0.4, -0.2) is 16.1 Å². The summed E-state index contributed by atoms with van der Waals surface area (Å²) in [5.41, 5.74) is -1.44. The van der Waals surface area contributed by atoms with Gasteiger partial charge < -0.3 is 9.52 Å². The lowest BCUT2D eigenvalue weighted by molar-refractivity contribution is -0.141. The minimum absolute atomic E-state index is 0.115. The van der Waals surface area contributed by atoms with E-state index in [0.29, 0.717) is 12.8 Å². The van der Waals surface area contributed by atoms with Crippen LogP contribution >= 0.6 is 0 Å². The molecule has 0 radical (unpaired) electrons. The summed E-state index contributed by atoms with van der Waals surface area (Å²) in [6.45, 7) is 0. The van der Waals surface area contributed by atoms with Gasteiger partial charge in [-0.1, -0.05) is 6.42 Å². The average Bonchev–Trinajstić information content (AvgIpc) is 2.44. The van der Waals surface area contributed by atoms with Crippen LogP contribution in [0.1, 0.15) is 47.3 Å². The molecule has 1 aromatic rings. The van der Waals surface area contributed by atoms with E-state index in [4.69, 9.17) is 5.11 Å². The molecule has 4 nitrogen and oxygen atoms in total. The average molecular weight is 235 g/mol. The summed E-state index contributed by atoms with van der Waals surface area (Å²) in [6, 6.07) is 0. The van der Waals surface area contributed by atoms with Gasteiger partial charge in [-0.2, -0.15) is 13.2 Å². The lowest BCUT2D eigenvalue weighted by Crippen LogP contribution is -2.12. The molecule has 1 saturated carbocycles. The molecule has 0 aromatic carbocycles. The number of rotatable bonds is 2. The van der Waals surface area contributed by atoms with Crippen LogP contribution in [0.4, 0.5) is 13.2 Å². The maximum atomic E-state index is 12.4. The van der Waals surface area contributed by atoms with Gasteiger partial charge in [-0.3, -0.25) is 0 Å². The highest BCUT2D eigenvalue weighted by molar-refractivity contribution is 5.85. The van der Waals surface area contributed by atoms with Crippen molar-refractivity contribution >= 4 is 5.97 Å². The molecule has 0 atom stereocenters. The first-order valence-corrected chi connectivity index (χ1v) is 4.71. The molecule has 7 heteroatoms. The zero-order valence-electron chi connectivity index (χ0n) is 8.04. The maximum Gasteiger partial charge on any atom is 0.437 e. The van der Waals surface area contributed by atoms with Crippen LogP contribution in [0.15, 0.2) is 4.42 Å². The third-order valence-corrected chi connectivity index (χ3v) is 2.56. The number of carboxylic acid groups (broad SMARTS) is 1. The molecule has 1 aliphatic rings. The first kappa shape index (κ1) is 11.0. The molecule has 0 spiro atoms. The fraction of sp³-hybridized carbons (Fsp3) is 0.556. The van der Waals surface area contributed by atoms with Crippen LogP contribution in [0.5, 0.6) is 0 Å². The first-order valence-electron chi connectivity index (χ1n) is 4.71. The van der Waals surface area contributed by atoms with Crippen molar-refractivity contribution in [1.82, 2.24) is 4.98 Å². The fourth-order valence-corrected chi connectivity index (χ4v) is 1.50. The van der Waals surface area contributed by atoms with Crippen molar-refractivity contribution in [2.24, 2.45) is 0 Å². The molecule has 0 aliphatic heterocycles. The van der Waals surface area contributed by atoms with Gasteiger partial charge in [0.1, 0.15) is 0 Å². The molecule has 0 saturated heterocycles. The maximum absolute atomic E-state index is 12.4. The predicted molar refractivity (Wildman–Crippen MR) is 45.1 cm³/mol. The normalized spacial score (nSPS) is 17.2. The van der Waals surface area contributed by atoms with Gasteiger partial charge in [-0.15, -0.1) is 0 Å². The van der Waals surface area contributed by atoms with Crippen molar-refractivity contribution in [1.29, 1.82) is 0 Å². The van der Waals surface area contributed by atoms with E-state index in [0.717, 1.165) is 6.42 Å². The van der Waals surface area contributed by atoms with Gasteiger partial charge >= 0.3 is 12.1 Å². The molecule has 0 bridgehead atoms. The Morgan fingerprint density at radius 1 is 1.44 bits per heavy atom. The van der Waals surface area contributed by atoms with Crippen LogP contribution in [0.25, 0.3) is 0 Å². The molecule has 2 rings (SSSR count). The lowest BCUT2D eigenvalue weighted by atomic mass is 9.85. The number of hydrogen-bond donors (Lipinski definition) is 1. The molecular formula is C9H8F3NO3. The van der Waals surface area contributed by atoms with Gasteiger partial charge in [-0.05, 0) is 12.8 Å². The Bertz CT molecular complexity index is 420. The summed E-state index contributed by atoms with van der Waals surface area (Å²) in [4.78, 5) is 13.8. The Labute approximate surface area is 88.1 Å². The summed E-state index contributed by atoms with van der Waals surface area (Å²) in [6.07, 6.45) is -2.51. The van der Waals surface area contributed by atoms with Crippen molar-refractivity contribution in [2.75, 3.05) is 0 Å². The Hall–Kier alpha value is -1.53. The zero-order valence-corrected chi connectivity index (χ0v) is 8.04. The number of aromatic nitrogens is 1. The largest absolute Gasteiger partial charge is 0.475 e. The van der Waals surface area contributed by atoms with E-state index < -0.39 is 23.6 Å². The summed E-state index contributed by atoms with van der Waals surface area (Å²) in [5.74, 6) is -3.15. The van der Waals surface area contributed by atoms with Gasteiger partial charge in [0.2, 0.25) is 5.76 Å². The highest BCUT2D eigenvalue weighted by atomic mass is 19.4. The highest BCUT2D eigenvalue weighted by Crippen LogP contribution is 2.39. The number of nitrogens with zero attached hydrogens (tertiary/aromatic N) is 1. The van der Waals surface area contributed by atoms with E-state index >= 15 is 0 Å². The van der Waals surface area contributed by atoms with Crippen molar-refractivity contribution in [2.45, 2.75) is 31.4 Å². The minimum atomic E-state index is -4.79. The van der Waals surface area contributed by atoms with Crippen molar-refractivity contribution in [3.05, 3.63) is 17.3 Å². The molecule has 1 N–H and O–H groups in total. The molecule has 1 fully saturated rings. The van der Waals surface area contributed by atoms with Crippen LogP contribution in [0.2, 0.25) is 0 Å². The third-order valence-electron chi connectivity index (χ3n) is 2.56. The number of halogens is 3. The molecule has 0 amide bonds. The van der Waals surface area contributed by atoms with E-state index in [1.54, 1.807) is 0 Å². The quantitative estimate of drug-likeness (QED) is 0.855. The second-order valence-electron chi connectivity index (χ2n) is 3.66. The van der Waals surface area contributed by atoms with Crippen molar-refractivity contribution in [3.8, 4) is 0 Å². The molecule has 0 unspecified atom stereocenters. The molecule has 1 heterocycles. The summed E-state index contributed by atoms with van der Waals surface area (Å²) < 4.78 is 41.9. The number of aromatic carboxylic acids is 1. The first-order chi connectivity index (χ1) is 7.39. The molecule has 1 aliphatic carbocycles. The van der Waals surface area contributed by atoms with Gasteiger partial charge in [0.15, 0.2) is 11.6 Å². The van der Waals surface area contributed by atoms with E-state index in [2.05, 4.69) is 9.40 Å². The number of carboxylic acids is 1. The predicted octanol–water partition coefficient (Wildman–Crippen LogP) is 2.66. The van der Waals surface area contributed by atoms with E-state index in [9.17, 15) is 18.0 Å². The van der Waals surface area contributed by atoms with Gasteiger partial charge in [0.25, 0.3) is 0 Å². The van der Waals surface area contributed by atoms with E-state index in [1.807, 2.05) is 0 Å². The topological polar surface area (TPSA) is 63.3 Å². The molecular weight excluding hydrogens is 227 g/mol. The van der Waals surface area contributed by atoms with Crippen LogP contribution in [0.3, 0.4) is 0 Å². The molecule has 1 aromatic heterocycles. The van der Waals surface area contributed by atoms with Crippen LogP contribution < -0.4 is 0 Å². The zero-order chi connectivity index (χ0) is 11.9. The summed E-state index contributed by atoms with van der Waals surface area (Å²) in [7, 11) is 0. The summed E-state index contributed by atoms with van der Waals surface area (Å²) in [5, 5.41) is 8.58. The minimum Gasteiger partial charge on any atom is -0.475 e. The van der Waals surface area contributed by atoms with Crippen molar-refractivity contribution < 1.29 is 27.5 Å². The number of alkyl halides is 3. The monoisotopic (exact) mass is 235 g/mol. The van der Waals surface area contributed by atoms with E-state index in [1.165, 1.54) is 0 Å². The third kappa shape index (κ3) is 1.77. The molecule has 16 heavy (non-hydrogen) atoms. The number of carbonyl (C=O) groups is 1. The standard InChI is InChI=1S/C9H8F3NO3/c10-9(11,12)6-5(8(14)15)16-7(13-6)4-2-1-3-4/h4H,1-3H2,(H,14,15). The Morgan fingerprint density at radius 3 is 2.38 bits per heavy atom. The number of oxazole rings is 1. The fourth-order valence-electron chi connectivity index (χ4n) is 1.50. The lowest BCUT2D eigenvalue weighted by Gasteiger charge is -2.21. The Balaban J connectivity index is 2.41. The summed E-state index contributed by atoms with van der Waals surface area (Å²) >= 11 is 0. The Morgan fingerprint density at radius 2 is 2.06 bits per heavy atom. The van der Waals surface area contributed by atoms with Gasteiger partial charge in [0, 0.05) is 5.92 Å². The van der Waals surface area contributed by atoms with Gasteiger partial charge in [-0.25, -0.2) is 9.78 Å². The van der Waals surface area contributed by atoms with Gasteiger partial charge in [0.05, 0.1) is 0 Å². The van der Waals surface area contributed by atoms with Crippen LogP contribution in [0, 0.1) is 0 Å². The van der Waals surface area contributed by atoms with Crippen molar-refractivity contribution in [3.63, 3.8) is 0 Å². The number of hydrogen-bond acceptors (Lipinski definition) is 3. The second kappa shape index (κ2) is 3.50. The van der Waals surface area contributed by atoms with E-state index in [-0.39, 0.29) is 11.8 Å². The molecule has 88 valence electrons. The smallest absolute Gasteiger partial charge is 0.437 e. The Kier molecular flexibility index (Phi) is 2.40. The SMILES string of the molecule is O=C(O)c1oc(C2CCC2)nc1C(F)(F)F. The highest BCUT2D eigenvalue weighted by Gasteiger charge is 2.42.